The van der Waals surface area contributed by atoms with E-state index in [1.54, 1.807) is 58.9 Å². The normalized spacial score (nSPS) is 30.9. The highest BCUT2D eigenvalue weighted by Crippen LogP contribution is 2.52. The summed E-state index contributed by atoms with van der Waals surface area (Å²) in [6.45, 7) is 8.86. The zero-order valence-corrected chi connectivity index (χ0v) is 16.9. The van der Waals surface area contributed by atoms with Gasteiger partial charge in [-0.2, -0.15) is 0 Å². The lowest BCUT2D eigenvalue weighted by Crippen LogP contribution is -2.60. The topological polar surface area (TPSA) is 86.7 Å². The van der Waals surface area contributed by atoms with E-state index in [-0.39, 0.29) is 5.91 Å². The number of carbonyl (C=O) groups excluding carboxylic acids is 2. The molecule has 146 valence electrons. The molecule has 2 saturated heterocycles. The number of amides is 2. The highest BCUT2D eigenvalue weighted by Gasteiger charge is 2.70. The molecule has 2 aliphatic rings. The van der Waals surface area contributed by atoms with Gasteiger partial charge in [-0.05, 0) is 44.4 Å². The third kappa shape index (κ3) is 2.77. The van der Waals surface area contributed by atoms with Crippen LogP contribution in [0.25, 0.3) is 0 Å². The SMILES string of the molecule is CC(C)C1(C(=O)O)NC(c2cccc(Cl)c2)C2C(=O)N(C(C)(C)C)C(=O)C21. The smallest absolute Gasteiger partial charge is 0.325 e. The first kappa shape index (κ1) is 19.8. The molecule has 7 heteroatoms. The van der Waals surface area contributed by atoms with E-state index in [4.69, 9.17) is 11.6 Å². The molecule has 27 heavy (non-hydrogen) atoms. The number of carboxylic acids is 1. The van der Waals surface area contributed by atoms with Crippen LogP contribution in [0.2, 0.25) is 5.02 Å². The molecule has 1 aromatic carbocycles. The Balaban J connectivity index is 2.21. The first-order valence-electron chi connectivity index (χ1n) is 9.07. The summed E-state index contributed by atoms with van der Waals surface area (Å²) < 4.78 is 0. The maximum atomic E-state index is 13.3. The second-order valence-corrected chi connectivity index (χ2v) is 9.13. The van der Waals surface area contributed by atoms with Crippen LogP contribution in [0.15, 0.2) is 24.3 Å². The van der Waals surface area contributed by atoms with Crippen molar-refractivity contribution in [3.05, 3.63) is 34.9 Å². The Kier molecular flexibility index (Phi) is 4.64. The highest BCUT2D eigenvalue weighted by atomic mass is 35.5. The van der Waals surface area contributed by atoms with Crippen LogP contribution in [0.1, 0.15) is 46.2 Å². The molecule has 2 heterocycles. The summed E-state index contributed by atoms with van der Waals surface area (Å²) in [6.07, 6.45) is 0. The van der Waals surface area contributed by atoms with Crippen LogP contribution in [0.5, 0.6) is 0 Å². The van der Waals surface area contributed by atoms with Gasteiger partial charge in [0.25, 0.3) is 0 Å². The Morgan fingerprint density at radius 1 is 1.26 bits per heavy atom. The highest BCUT2D eigenvalue weighted by molar-refractivity contribution is 6.30. The average molecular weight is 393 g/mol. The van der Waals surface area contributed by atoms with Crippen molar-refractivity contribution in [3.63, 3.8) is 0 Å². The van der Waals surface area contributed by atoms with Crippen molar-refractivity contribution in [2.45, 2.75) is 51.7 Å². The first-order valence-corrected chi connectivity index (χ1v) is 9.45. The van der Waals surface area contributed by atoms with Crippen molar-refractivity contribution >= 4 is 29.4 Å². The molecule has 1 aromatic rings. The molecule has 2 aliphatic heterocycles. The second-order valence-electron chi connectivity index (χ2n) is 8.69. The fourth-order valence-corrected chi connectivity index (χ4v) is 4.76. The monoisotopic (exact) mass is 392 g/mol. The molecule has 2 N–H and O–H groups in total. The Bertz CT molecular complexity index is 816. The number of likely N-dealkylation sites (tertiary alicyclic amines) is 1. The van der Waals surface area contributed by atoms with Gasteiger partial charge >= 0.3 is 5.97 Å². The maximum Gasteiger partial charge on any atom is 0.325 e. The molecular formula is C20H25ClN2O4. The fraction of sp³-hybridized carbons (Fsp3) is 0.550. The van der Waals surface area contributed by atoms with E-state index in [0.29, 0.717) is 10.6 Å². The van der Waals surface area contributed by atoms with Crippen molar-refractivity contribution < 1.29 is 19.5 Å². The molecule has 2 amide bonds. The number of aliphatic carboxylic acids is 1. The minimum absolute atomic E-state index is 0.334. The number of fused-ring (bicyclic) bond motifs is 1. The molecular weight excluding hydrogens is 368 g/mol. The van der Waals surface area contributed by atoms with E-state index < -0.39 is 46.7 Å². The number of hydrogen-bond acceptors (Lipinski definition) is 4. The van der Waals surface area contributed by atoms with Crippen molar-refractivity contribution in [2.24, 2.45) is 17.8 Å². The summed E-state index contributed by atoms with van der Waals surface area (Å²) >= 11 is 6.12. The molecule has 6 nitrogen and oxygen atoms in total. The van der Waals surface area contributed by atoms with Crippen molar-refractivity contribution in [3.8, 4) is 0 Å². The minimum atomic E-state index is -1.52. The quantitative estimate of drug-likeness (QED) is 0.772. The molecule has 0 saturated carbocycles. The van der Waals surface area contributed by atoms with Crippen molar-refractivity contribution in [2.75, 3.05) is 0 Å². The number of carbonyl (C=O) groups is 3. The van der Waals surface area contributed by atoms with Gasteiger partial charge < -0.3 is 5.11 Å². The number of nitrogens with zero attached hydrogens (tertiary/aromatic N) is 1. The van der Waals surface area contributed by atoms with Gasteiger partial charge in [-0.15, -0.1) is 0 Å². The lowest BCUT2D eigenvalue weighted by molar-refractivity contribution is -0.155. The van der Waals surface area contributed by atoms with E-state index >= 15 is 0 Å². The zero-order valence-electron chi connectivity index (χ0n) is 16.1. The Morgan fingerprint density at radius 3 is 2.37 bits per heavy atom. The Hall–Kier alpha value is -1.92. The van der Waals surface area contributed by atoms with Crippen LogP contribution >= 0.6 is 11.6 Å². The van der Waals surface area contributed by atoms with Gasteiger partial charge in [-0.3, -0.25) is 24.6 Å². The van der Waals surface area contributed by atoms with Gasteiger partial charge in [0.05, 0.1) is 11.8 Å². The standard InChI is InChI=1S/C20H25ClN2O4/c1-10(2)20(18(26)27)14-13(16(24)23(17(14)25)19(3,4)5)15(22-20)11-7-6-8-12(21)9-11/h6-10,13-15,22H,1-5H3,(H,26,27). The largest absolute Gasteiger partial charge is 0.480 e. The van der Waals surface area contributed by atoms with Crippen LogP contribution < -0.4 is 5.32 Å². The van der Waals surface area contributed by atoms with Crippen LogP contribution in [0, 0.1) is 17.8 Å². The minimum Gasteiger partial charge on any atom is -0.480 e. The number of rotatable bonds is 3. The van der Waals surface area contributed by atoms with Crippen LogP contribution in [0.3, 0.4) is 0 Å². The van der Waals surface area contributed by atoms with Crippen LogP contribution in [0.4, 0.5) is 0 Å². The van der Waals surface area contributed by atoms with E-state index in [1.165, 1.54) is 4.90 Å². The molecule has 2 fully saturated rings. The van der Waals surface area contributed by atoms with Gasteiger partial charge in [0.1, 0.15) is 5.54 Å². The van der Waals surface area contributed by atoms with E-state index in [1.807, 2.05) is 0 Å². The first-order chi connectivity index (χ1) is 12.4. The Morgan fingerprint density at radius 2 is 1.89 bits per heavy atom. The number of nitrogens with one attached hydrogen (secondary N) is 1. The van der Waals surface area contributed by atoms with Crippen LogP contribution in [-0.4, -0.2) is 38.9 Å². The van der Waals surface area contributed by atoms with Crippen molar-refractivity contribution in [1.29, 1.82) is 0 Å². The summed E-state index contributed by atoms with van der Waals surface area (Å²) in [5, 5.41) is 13.8. The fourth-order valence-electron chi connectivity index (χ4n) is 4.56. The molecule has 3 rings (SSSR count). The maximum absolute atomic E-state index is 13.3. The number of benzene rings is 1. The van der Waals surface area contributed by atoms with Gasteiger partial charge in [0, 0.05) is 16.6 Å². The van der Waals surface area contributed by atoms with E-state index in [2.05, 4.69) is 5.32 Å². The molecule has 0 radical (unpaired) electrons. The lowest BCUT2D eigenvalue weighted by atomic mass is 9.73. The number of hydrogen-bond donors (Lipinski definition) is 2. The molecule has 4 atom stereocenters. The molecule has 4 unspecified atom stereocenters. The molecule has 0 spiro atoms. The second kappa shape index (κ2) is 6.31. The lowest BCUT2D eigenvalue weighted by Gasteiger charge is -2.37. The van der Waals surface area contributed by atoms with Gasteiger partial charge in [-0.1, -0.05) is 37.6 Å². The number of imide groups is 1. The predicted molar refractivity (Wildman–Crippen MR) is 101 cm³/mol. The van der Waals surface area contributed by atoms with E-state index in [9.17, 15) is 19.5 Å². The summed E-state index contributed by atoms with van der Waals surface area (Å²) in [4.78, 5) is 40.2. The summed E-state index contributed by atoms with van der Waals surface area (Å²) in [7, 11) is 0. The van der Waals surface area contributed by atoms with Gasteiger partial charge in [-0.25, -0.2) is 0 Å². The average Bonchev–Trinajstić information content (AvgIpc) is 3.02. The Labute approximate surface area is 163 Å². The molecule has 0 aromatic heterocycles. The summed E-state index contributed by atoms with van der Waals surface area (Å²) in [5.41, 5.74) is -1.54. The third-order valence-corrected chi connectivity index (χ3v) is 5.97. The third-order valence-electron chi connectivity index (χ3n) is 5.74. The van der Waals surface area contributed by atoms with Gasteiger partial charge in [0.15, 0.2) is 0 Å². The van der Waals surface area contributed by atoms with Crippen molar-refractivity contribution in [1.82, 2.24) is 10.2 Å². The van der Waals surface area contributed by atoms with Crippen LogP contribution in [-0.2, 0) is 14.4 Å². The van der Waals surface area contributed by atoms with Gasteiger partial charge in [0.2, 0.25) is 11.8 Å². The van der Waals surface area contributed by atoms with E-state index in [0.717, 1.165) is 0 Å². The predicted octanol–water partition coefficient (Wildman–Crippen LogP) is 2.86. The number of carboxylic acid groups (broad SMARTS) is 1. The molecule has 0 aliphatic carbocycles. The zero-order chi connectivity index (χ0) is 20.3. The summed E-state index contributed by atoms with van der Waals surface area (Å²) in [6, 6.07) is 6.39. The summed E-state index contributed by atoms with van der Waals surface area (Å²) in [5.74, 6) is -4.03. The molecule has 0 bridgehead atoms. The number of halogens is 1.